The summed E-state index contributed by atoms with van der Waals surface area (Å²) in [5, 5.41) is 2.94. The highest BCUT2D eigenvalue weighted by atomic mass is 16.2. The summed E-state index contributed by atoms with van der Waals surface area (Å²) in [4.78, 5) is 16.4. The number of rotatable bonds is 2. The summed E-state index contributed by atoms with van der Waals surface area (Å²) >= 11 is 0. The van der Waals surface area contributed by atoms with Gasteiger partial charge in [-0.25, -0.2) is 4.79 Å². The van der Waals surface area contributed by atoms with Gasteiger partial charge in [-0.15, -0.1) is 0 Å². The highest BCUT2D eigenvalue weighted by Gasteiger charge is 2.21. The van der Waals surface area contributed by atoms with Crippen molar-refractivity contribution in [3.05, 3.63) is 60.2 Å². The molecule has 0 spiro atoms. The first-order valence-electron chi connectivity index (χ1n) is 7.65. The molecule has 2 amide bonds. The molecule has 0 saturated carbocycles. The maximum Gasteiger partial charge on any atom is 0.321 e. The fourth-order valence-corrected chi connectivity index (χ4v) is 2.65. The van der Waals surface area contributed by atoms with Crippen LogP contribution in [-0.4, -0.2) is 37.1 Å². The maximum absolute atomic E-state index is 12.3. The molecule has 4 nitrogen and oxygen atoms in total. The van der Waals surface area contributed by atoms with Crippen molar-refractivity contribution in [1.29, 1.82) is 0 Å². The molecule has 1 fully saturated rings. The van der Waals surface area contributed by atoms with Crippen LogP contribution in [-0.2, 0) is 0 Å². The van der Waals surface area contributed by atoms with Gasteiger partial charge >= 0.3 is 6.03 Å². The van der Waals surface area contributed by atoms with Crippen molar-refractivity contribution in [2.45, 2.75) is 6.92 Å². The third kappa shape index (κ3) is 3.39. The molecule has 1 aliphatic heterocycles. The number of hydrogen-bond acceptors (Lipinski definition) is 2. The highest BCUT2D eigenvalue weighted by molar-refractivity contribution is 5.89. The highest BCUT2D eigenvalue weighted by Crippen LogP contribution is 2.17. The van der Waals surface area contributed by atoms with E-state index in [-0.39, 0.29) is 6.03 Å². The minimum atomic E-state index is -0.0187. The lowest BCUT2D eigenvalue weighted by molar-refractivity contribution is 0.208. The molecule has 3 rings (SSSR count). The number of piperazine rings is 1. The van der Waals surface area contributed by atoms with Crippen LogP contribution < -0.4 is 10.2 Å². The molecule has 0 atom stereocenters. The van der Waals surface area contributed by atoms with E-state index in [0.29, 0.717) is 0 Å². The van der Waals surface area contributed by atoms with Gasteiger partial charge in [0, 0.05) is 37.6 Å². The van der Waals surface area contributed by atoms with Gasteiger partial charge in [-0.3, -0.25) is 0 Å². The quantitative estimate of drug-likeness (QED) is 0.922. The standard InChI is InChI=1S/C18H21N3O/c1-15-7-9-17(10-8-15)20-11-13-21(14-12-20)18(22)19-16-5-3-2-4-6-16/h2-10H,11-14H2,1H3,(H,19,22). The summed E-state index contributed by atoms with van der Waals surface area (Å²) in [6.45, 7) is 5.31. The minimum Gasteiger partial charge on any atom is -0.368 e. The predicted octanol–water partition coefficient (Wildman–Crippen LogP) is 3.35. The van der Waals surface area contributed by atoms with Gasteiger partial charge in [-0.2, -0.15) is 0 Å². The molecular weight excluding hydrogens is 274 g/mol. The number of nitrogens with zero attached hydrogens (tertiary/aromatic N) is 2. The number of nitrogens with one attached hydrogen (secondary N) is 1. The monoisotopic (exact) mass is 295 g/mol. The second-order valence-corrected chi connectivity index (χ2v) is 5.61. The Morgan fingerprint density at radius 3 is 2.18 bits per heavy atom. The average Bonchev–Trinajstić information content (AvgIpc) is 2.57. The molecule has 0 aromatic heterocycles. The van der Waals surface area contributed by atoms with Gasteiger partial charge in [-0.1, -0.05) is 35.9 Å². The topological polar surface area (TPSA) is 35.6 Å². The van der Waals surface area contributed by atoms with Crippen molar-refractivity contribution in [3.8, 4) is 0 Å². The van der Waals surface area contributed by atoms with Crippen molar-refractivity contribution in [3.63, 3.8) is 0 Å². The summed E-state index contributed by atoms with van der Waals surface area (Å²) in [5.74, 6) is 0. The fourth-order valence-electron chi connectivity index (χ4n) is 2.65. The zero-order valence-corrected chi connectivity index (χ0v) is 12.8. The number of aryl methyl sites for hydroxylation is 1. The average molecular weight is 295 g/mol. The number of carbonyl (C=O) groups excluding carboxylic acids is 1. The largest absolute Gasteiger partial charge is 0.368 e. The van der Waals surface area contributed by atoms with Crippen molar-refractivity contribution >= 4 is 17.4 Å². The van der Waals surface area contributed by atoms with Crippen LogP contribution in [0.3, 0.4) is 0 Å². The van der Waals surface area contributed by atoms with E-state index in [1.54, 1.807) is 0 Å². The Hall–Kier alpha value is -2.49. The number of benzene rings is 2. The van der Waals surface area contributed by atoms with E-state index in [0.717, 1.165) is 31.9 Å². The number of urea groups is 1. The Bertz CT molecular complexity index is 617. The Balaban J connectivity index is 1.55. The molecule has 1 aliphatic rings. The lowest BCUT2D eigenvalue weighted by Crippen LogP contribution is -2.50. The van der Waals surface area contributed by atoms with Gasteiger partial charge in [0.1, 0.15) is 0 Å². The maximum atomic E-state index is 12.3. The van der Waals surface area contributed by atoms with E-state index in [9.17, 15) is 4.79 Å². The molecule has 1 N–H and O–H groups in total. The zero-order valence-electron chi connectivity index (χ0n) is 12.8. The molecule has 0 radical (unpaired) electrons. The molecule has 1 heterocycles. The van der Waals surface area contributed by atoms with Crippen molar-refractivity contribution in [1.82, 2.24) is 4.90 Å². The lowest BCUT2D eigenvalue weighted by atomic mass is 10.2. The molecule has 4 heteroatoms. The van der Waals surface area contributed by atoms with Gasteiger partial charge in [0.05, 0.1) is 0 Å². The number of hydrogen-bond donors (Lipinski definition) is 1. The minimum absolute atomic E-state index is 0.0187. The Morgan fingerprint density at radius 1 is 0.909 bits per heavy atom. The van der Waals surface area contributed by atoms with Crippen molar-refractivity contribution in [2.75, 3.05) is 36.4 Å². The van der Waals surface area contributed by atoms with Gasteiger partial charge < -0.3 is 15.1 Å². The molecule has 22 heavy (non-hydrogen) atoms. The normalized spacial score (nSPS) is 14.8. The van der Waals surface area contributed by atoms with Gasteiger partial charge in [0.25, 0.3) is 0 Å². The van der Waals surface area contributed by atoms with Crippen molar-refractivity contribution < 1.29 is 4.79 Å². The van der Waals surface area contributed by atoms with Crippen LogP contribution in [0.4, 0.5) is 16.2 Å². The summed E-state index contributed by atoms with van der Waals surface area (Å²) in [5.41, 5.74) is 3.34. The third-order valence-electron chi connectivity index (χ3n) is 3.99. The van der Waals surface area contributed by atoms with E-state index in [1.165, 1.54) is 11.3 Å². The summed E-state index contributed by atoms with van der Waals surface area (Å²) < 4.78 is 0. The summed E-state index contributed by atoms with van der Waals surface area (Å²) in [7, 11) is 0. The predicted molar refractivity (Wildman–Crippen MR) is 90.4 cm³/mol. The Labute approximate surface area is 131 Å². The molecular formula is C18H21N3O. The smallest absolute Gasteiger partial charge is 0.321 e. The van der Waals surface area contributed by atoms with E-state index in [2.05, 4.69) is 41.4 Å². The Kier molecular flexibility index (Phi) is 4.28. The number of para-hydroxylation sites is 1. The van der Waals surface area contributed by atoms with Crippen molar-refractivity contribution in [2.24, 2.45) is 0 Å². The summed E-state index contributed by atoms with van der Waals surface area (Å²) in [6, 6.07) is 18.1. The van der Waals surface area contributed by atoms with E-state index < -0.39 is 0 Å². The van der Waals surface area contributed by atoms with E-state index >= 15 is 0 Å². The lowest BCUT2D eigenvalue weighted by Gasteiger charge is -2.36. The molecule has 2 aromatic carbocycles. The first-order chi connectivity index (χ1) is 10.7. The van der Waals surface area contributed by atoms with Crippen LogP contribution in [0.2, 0.25) is 0 Å². The number of amides is 2. The van der Waals surface area contributed by atoms with Crippen LogP contribution in [0.25, 0.3) is 0 Å². The molecule has 0 bridgehead atoms. The van der Waals surface area contributed by atoms with Crippen LogP contribution in [0.15, 0.2) is 54.6 Å². The Morgan fingerprint density at radius 2 is 1.55 bits per heavy atom. The molecule has 0 unspecified atom stereocenters. The van der Waals surface area contributed by atoms with Gasteiger partial charge in [0.15, 0.2) is 0 Å². The second-order valence-electron chi connectivity index (χ2n) is 5.61. The van der Waals surface area contributed by atoms with Crippen LogP contribution >= 0.6 is 0 Å². The van der Waals surface area contributed by atoms with Gasteiger partial charge in [0.2, 0.25) is 0 Å². The second kappa shape index (κ2) is 6.52. The number of anilines is 2. The van der Waals surface area contributed by atoms with Crippen LogP contribution in [0, 0.1) is 6.92 Å². The number of carbonyl (C=O) groups is 1. The first-order valence-corrected chi connectivity index (χ1v) is 7.65. The SMILES string of the molecule is Cc1ccc(N2CCN(C(=O)Nc3ccccc3)CC2)cc1. The molecule has 1 saturated heterocycles. The molecule has 114 valence electrons. The van der Waals surface area contributed by atoms with E-state index in [4.69, 9.17) is 0 Å². The molecule has 2 aromatic rings. The van der Waals surface area contributed by atoms with E-state index in [1.807, 2.05) is 35.2 Å². The van der Waals surface area contributed by atoms with Crippen LogP contribution in [0.5, 0.6) is 0 Å². The fraction of sp³-hybridized carbons (Fsp3) is 0.278. The third-order valence-corrected chi connectivity index (χ3v) is 3.99. The van der Waals surface area contributed by atoms with Gasteiger partial charge in [-0.05, 0) is 31.2 Å². The zero-order chi connectivity index (χ0) is 15.4. The first kappa shape index (κ1) is 14.4. The van der Waals surface area contributed by atoms with Crippen LogP contribution in [0.1, 0.15) is 5.56 Å². The molecule has 0 aliphatic carbocycles. The summed E-state index contributed by atoms with van der Waals surface area (Å²) in [6.07, 6.45) is 0.